The molecule has 1 rings (SSSR count). The quantitative estimate of drug-likeness (QED) is 0.233. The van der Waals surface area contributed by atoms with Crippen molar-refractivity contribution >= 4 is 20.3 Å². The lowest BCUT2D eigenvalue weighted by atomic mass is 9.77. The van der Waals surface area contributed by atoms with Crippen LogP contribution in [-0.4, -0.2) is 41.1 Å². The number of methoxy groups -OCH3 is 2. The van der Waals surface area contributed by atoms with E-state index in [1.807, 2.05) is 42.5 Å². The summed E-state index contributed by atoms with van der Waals surface area (Å²) in [6, 6.07) is 9.44. The van der Waals surface area contributed by atoms with Gasteiger partial charge in [0.05, 0.1) is 20.8 Å². The molecule has 6 heteroatoms. The molecule has 29 heavy (non-hydrogen) atoms. The summed E-state index contributed by atoms with van der Waals surface area (Å²) >= 11 is 0. The summed E-state index contributed by atoms with van der Waals surface area (Å²) in [5.74, 6) is -1.14. The van der Waals surface area contributed by atoms with Crippen molar-refractivity contribution in [3.05, 3.63) is 48.0 Å². The Morgan fingerprint density at radius 2 is 1.52 bits per heavy atom. The van der Waals surface area contributed by atoms with Crippen LogP contribution in [0.3, 0.4) is 0 Å². The molecule has 0 saturated carbocycles. The summed E-state index contributed by atoms with van der Waals surface area (Å²) in [6.07, 6.45) is 5.00. The zero-order valence-corrected chi connectivity index (χ0v) is 19.9. The summed E-state index contributed by atoms with van der Waals surface area (Å²) in [5.41, 5.74) is -0.483. The number of benzene rings is 1. The zero-order chi connectivity index (χ0) is 22.1. The third-order valence-corrected chi connectivity index (χ3v) is 10.3. The van der Waals surface area contributed by atoms with Crippen LogP contribution in [0.5, 0.6) is 0 Å². The minimum atomic E-state index is -1.80. The van der Waals surface area contributed by atoms with Gasteiger partial charge in [-0.1, -0.05) is 63.3 Å². The molecule has 0 aliphatic rings. The maximum atomic E-state index is 12.6. The Kier molecular flexibility index (Phi) is 9.30. The Bertz CT molecular complexity index is 673. The van der Waals surface area contributed by atoms with Gasteiger partial charge in [0.25, 0.3) is 0 Å². The maximum absolute atomic E-state index is 12.6. The highest BCUT2D eigenvalue weighted by molar-refractivity contribution is 6.74. The van der Waals surface area contributed by atoms with Crippen molar-refractivity contribution in [2.45, 2.75) is 58.2 Å². The van der Waals surface area contributed by atoms with E-state index in [2.05, 4.69) is 33.9 Å². The van der Waals surface area contributed by atoms with E-state index >= 15 is 0 Å². The molecular weight excluding hydrogens is 384 g/mol. The summed E-state index contributed by atoms with van der Waals surface area (Å²) < 4.78 is 16.1. The first-order valence-corrected chi connectivity index (χ1v) is 12.9. The Morgan fingerprint density at radius 1 is 0.966 bits per heavy atom. The molecule has 0 aromatic heterocycles. The van der Waals surface area contributed by atoms with Crippen molar-refractivity contribution in [3.63, 3.8) is 0 Å². The van der Waals surface area contributed by atoms with Crippen LogP contribution in [0.4, 0.5) is 0 Å². The molecule has 0 spiro atoms. The van der Waals surface area contributed by atoms with E-state index in [1.54, 1.807) is 0 Å². The van der Waals surface area contributed by atoms with Crippen LogP contribution in [0.2, 0.25) is 18.1 Å². The fourth-order valence-corrected chi connectivity index (χ4v) is 3.79. The molecule has 0 radical (unpaired) electrons. The summed E-state index contributed by atoms with van der Waals surface area (Å²) in [7, 11) is 0.799. The second kappa shape index (κ2) is 10.7. The molecule has 5 nitrogen and oxygen atoms in total. The number of rotatable bonds is 10. The first kappa shape index (κ1) is 25.1. The lowest BCUT2D eigenvalue weighted by Crippen LogP contribution is -2.43. The van der Waals surface area contributed by atoms with Crippen LogP contribution in [0.1, 0.15) is 39.2 Å². The zero-order valence-electron chi connectivity index (χ0n) is 18.9. The molecule has 0 bridgehead atoms. The van der Waals surface area contributed by atoms with Crippen LogP contribution in [0.15, 0.2) is 42.5 Å². The van der Waals surface area contributed by atoms with E-state index in [4.69, 9.17) is 13.9 Å². The van der Waals surface area contributed by atoms with Gasteiger partial charge in [-0.25, -0.2) is 0 Å². The largest absolute Gasteiger partial charge is 0.468 e. The average Bonchev–Trinajstić information content (AvgIpc) is 2.68. The van der Waals surface area contributed by atoms with Gasteiger partial charge in [0, 0.05) is 0 Å². The minimum Gasteiger partial charge on any atom is -0.468 e. The van der Waals surface area contributed by atoms with Gasteiger partial charge >= 0.3 is 11.9 Å². The van der Waals surface area contributed by atoms with Crippen LogP contribution < -0.4 is 0 Å². The Labute approximate surface area is 176 Å². The molecule has 1 aromatic rings. The Hall–Kier alpha value is -1.92. The molecule has 162 valence electrons. The van der Waals surface area contributed by atoms with Gasteiger partial charge in [-0.15, -0.1) is 0 Å². The Balaban J connectivity index is 2.87. The van der Waals surface area contributed by atoms with Crippen LogP contribution >= 0.6 is 0 Å². The Morgan fingerprint density at radius 3 is 2.00 bits per heavy atom. The number of allylic oxidation sites excluding steroid dienone is 1. The van der Waals surface area contributed by atoms with Crippen molar-refractivity contribution in [1.82, 2.24) is 0 Å². The summed E-state index contributed by atoms with van der Waals surface area (Å²) in [4.78, 5) is 25.3. The molecule has 0 atom stereocenters. The first-order valence-electron chi connectivity index (χ1n) is 10.00. The number of carbonyl (C=O) groups excluding carboxylic acids is 2. The SMILES string of the molecule is COC(=O)C(CC/C=C/CO[Si](C)(C)C(C)(C)C)(Cc1ccccc1)C(=O)OC. The van der Waals surface area contributed by atoms with Crippen molar-refractivity contribution in [2.75, 3.05) is 20.8 Å². The standard InChI is InChI=1S/C23H36O5Si/c1-22(2,3)29(6,7)28-17-13-9-12-16-23(20(24)26-4,21(25)27-5)18-19-14-10-8-11-15-19/h8-11,13-15H,12,16-18H2,1-7H3/b13-9+. The van der Waals surface area contributed by atoms with Gasteiger partial charge in [-0.05, 0) is 43.0 Å². The predicted molar refractivity (Wildman–Crippen MR) is 118 cm³/mol. The molecule has 1 aromatic carbocycles. The van der Waals surface area contributed by atoms with Crippen molar-refractivity contribution in [2.24, 2.45) is 5.41 Å². The third kappa shape index (κ3) is 6.82. The fourth-order valence-electron chi connectivity index (χ4n) is 2.84. The number of carbonyl (C=O) groups is 2. The van der Waals surface area contributed by atoms with E-state index in [0.29, 0.717) is 19.4 Å². The van der Waals surface area contributed by atoms with E-state index < -0.39 is 25.7 Å². The average molecular weight is 421 g/mol. The number of esters is 2. The molecule has 0 saturated heterocycles. The highest BCUT2D eigenvalue weighted by atomic mass is 28.4. The van der Waals surface area contributed by atoms with E-state index in [0.717, 1.165) is 5.56 Å². The van der Waals surface area contributed by atoms with Gasteiger partial charge in [0.2, 0.25) is 0 Å². The van der Waals surface area contributed by atoms with Gasteiger partial charge in [-0.3, -0.25) is 9.59 Å². The maximum Gasteiger partial charge on any atom is 0.323 e. The van der Waals surface area contributed by atoms with Gasteiger partial charge in [-0.2, -0.15) is 0 Å². The highest BCUT2D eigenvalue weighted by Crippen LogP contribution is 2.36. The molecule has 0 fully saturated rings. The smallest absolute Gasteiger partial charge is 0.323 e. The summed E-state index contributed by atoms with van der Waals surface area (Å²) in [6.45, 7) is 11.5. The summed E-state index contributed by atoms with van der Waals surface area (Å²) in [5, 5.41) is 0.154. The van der Waals surface area contributed by atoms with Crippen molar-refractivity contribution < 1.29 is 23.5 Å². The van der Waals surface area contributed by atoms with Crippen LogP contribution in [0.25, 0.3) is 0 Å². The fraction of sp³-hybridized carbons (Fsp3) is 0.565. The van der Waals surface area contributed by atoms with E-state index in [-0.39, 0.29) is 11.5 Å². The molecular formula is C23H36O5Si. The molecule has 0 aliphatic carbocycles. The second-order valence-corrected chi connectivity index (χ2v) is 13.6. The minimum absolute atomic E-state index is 0.154. The topological polar surface area (TPSA) is 61.8 Å². The lowest BCUT2D eigenvalue weighted by Gasteiger charge is -2.35. The molecule has 0 N–H and O–H groups in total. The van der Waals surface area contributed by atoms with Crippen LogP contribution in [-0.2, 0) is 29.9 Å². The monoisotopic (exact) mass is 420 g/mol. The number of hydrogen-bond donors (Lipinski definition) is 0. The predicted octanol–water partition coefficient (Wildman–Crippen LogP) is 4.92. The molecule has 0 heterocycles. The number of hydrogen-bond acceptors (Lipinski definition) is 5. The van der Waals surface area contributed by atoms with E-state index in [9.17, 15) is 9.59 Å². The van der Waals surface area contributed by atoms with Gasteiger partial charge in [0.1, 0.15) is 0 Å². The highest BCUT2D eigenvalue weighted by Gasteiger charge is 2.47. The molecule has 0 amide bonds. The second-order valence-electron chi connectivity index (χ2n) is 8.81. The van der Waals surface area contributed by atoms with Gasteiger partial charge < -0.3 is 13.9 Å². The first-order chi connectivity index (χ1) is 13.5. The third-order valence-electron chi connectivity index (χ3n) is 5.75. The van der Waals surface area contributed by atoms with Crippen molar-refractivity contribution in [3.8, 4) is 0 Å². The molecule has 0 unspecified atom stereocenters. The van der Waals surface area contributed by atoms with Gasteiger partial charge in [0.15, 0.2) is 13.7 Å². The molecule has 0 aliphatic heterocycles. The normalized spacial score (nSPS) is 12.8. The van der Waals surface area contributed by atoms with Crippen LogP contribution in [0, 0.1) is 5.41 Å². The van der Waals surface area contributed by atoms with E-state index in [1.165, 1.54) is 14.2 Å². The lowest BCUT2D eigenvalue weighted by molar-refractivity contribution is -0.169. The number of ether oxygens (including phenoxy) is 2. The van der Waals surface area contributed by atoms with Crippen molar-refractivity contribution in [1.29, 1.82) is 0 Å².